The highest BCUT2D eigenvalue weighted by atomic mass is 127. The van der Waals surface area contributed by atoms with E-state index in [0.29, 0.717) is 41.0 Å². The van der Waals surface area contributed by atoms with E-state index in [1.807, 2.05) is 19.9 Å². The summed E-state index contributed by atoms with van der Waals surface area (Å²) in [6, 6.07) is 10.4. The highest BCUT2D eigenvalue weighted by molar-refractivity contribution is 14.1. The molecule has 1 aliphatic rings. The van der Waals surface area contributed by atoms with Gasteiger partial charge in [-0.15, -0.1) is 0 Å². The number of hydrogen-bond acceptors (Lipinski definition) is 6. The fraction of sp³-hybridized carbons (Fsp3) is 0.261. The number of amides is 1. The van der Waals surface area contributed by atoms with Crippen LogP contribution in [-0.4, -0.2) is 48.8 Å². The predicted molar refractivity (Wildman–Crippen MR) is 140 cm³/mol. The van der Waals surface area contributed by atoms with Crippen LogP contribution in [0.4, 0.5) is 5.69 Å². The summed E-state index contributed by atoms with van der Waals surface area (Å²) in [6.45, 7) is 4.53. The molecule has 1 fully saturated rings. The van der Waals surface area contributed by atoms with E-state index in [2.05, 4.69) is 22.6 Å². The molecular weight excluding hydrogens is 579 g/mol. The number of carbonyl (C=O) groups is 2. The number of nitrogens with zero attached hydrogens (tertiary/aromatic N) is 2. The molecule has 0 N–H and O–H groups in total. The molecule has 2 aromatic carbocycles. The van der Waals surface area contributed by atoms with Gasteiger partial charge in [-0.3, -0.25) is 14.5 Å². The average Bonchev–Trinajstić information content (AvgIpc) is 3.01. The van der Waals surface area contributed by atoms with E-state index in [1.165, 1.54) is 16.9 Å². The first-order valence-corrected chi connectivity index (χ1v) is 12.0. The van der Waals surface area contributed by atoms with E-state index in [0.717, 1.165) is 3.57 Å². The average molecular weight is 601 g/mol. The van der Waals surface area contributed by atoms with Gasteiger partial charge in [0.2, 0.25) is 0 Å². The standard InChI is InChI=1S/C23H22ClIN2O5S/c1-4-31-19-12-14(10-17(25)21(19)32-5-2)11-18-22(29)27(16-8-6-15(24)7-9-16)23(33)26(18)13-20(28)30-3/h6-12H,4-5,13H2,1-3H3/b18-11-. The highest BCUT2D eigenvalue weighted by Gasteiger charge is 2.40. The van der Waals surface area contributed by atoms with Gasteiger partial charge in [0.1, 0.15) is 12.2 Å². The van der Waals surface area contributed by atoms with E-state index < -0.39 is 5.97 Å². The highest BCUT2D eigenvalue weighted by Crippen LogP contribution is 2.36. The Morgan fingerprint density at radius 2 is 1.82 bits per heavy atom. The molecular formula is C23H22ClIN2O5S. The van der Waals surface area contributed by atoms with Crippen molar-refractivity contribution in [2.45, 2.75) is 13.8 Å². The summed E-state index contributed by atoms with van der Waals surface area (Å²) in [5.41, 5.74) is 1.48. The molecule has 0 spiro atoms. The van der Waals surface area contributed by atoms with Crippen LogP contribution in [0.15, 0.2) is 42.1 Å². The Balaban J connectivity index is 2.09. The van der Waals surface area contributed by atoms with Gasteiger partial charge in [-0.05, 0) is 96.7 Å². The first-order valence-electron chi connectivity index (χ1n) is 10.1. The van der Waals surface area contributed by atoms with Gasteiger partial charge in [-0.1, -0.05) is 11.6 Å². The van der Waals surface area contributed by atoms with Crippen LogP contribution >= 0.6 is 46.4 Å². The lowest BCUT2D eigenvalue weighted by molar-refractivity contribution is -0.140. The molecule has 0 unspecified atom stereocenters. The summed E-state index contributed by atoms with van der Waals surface area (Å²) in [5.74, 6) is 0.322. The van der Waals surface area contributed by atoms with Crippen LogP contribution in [0.1, 0.15) is 19.4 Å². The molecule has 0 atom stereocenters. The number of hydrogen-bond donors (Lipinski definition) is 0. The van der Waals surface area contributed by atoms with Gasteiger partial charge in [0.25, 0.3) is 5.91 Å². The van der Waals surface area contributed by atoms with Crippen molar-refractivity contribution >= 4 is 75.2 Å². The number of esters is 1. The lowest BCUT2D eigenvalue weighted by Gasteiger charge is -2.19. The summed E-state index contributed by atoms with van der Waals surface area (Å²) in [7, 11) is 1.28. The van der Waals surface area contributed by atoms with Crippen molar-refractivity contribution in [3.8, 4) is 11.5 Å². The Kier molecular flexibility index (Phi) is 8.55. The molecule has 33 heavy (non-hydrogen) atoms. The molecule has 174 valence electrons. The molecule has 1 saturated heterocycles. The molecule has 3 rings (SSSR count). The minimum Gasteiger partial charge on any atom is -0.490 e. The molecule has 1 amide bonds. The summed E-state index contributed by atoms with van der Waals surface area (Å²) in [4.78, 5) is 28.3. The third kappa shape index (κ3) is 5.59. The van der Waals surface area contributed by atoms with Crippen molar-refractivity contribution in [2.24, 2.45) is 0 Å². The Morgan fingerprint density at radius 3 is 2.42 bits per heavy atom. The van der Waals surface area contributed by atoms with Gasteiger partial charge >= 0.3 is 5.97 Å². The third-order valence-electron chi connectivity index (χ3n) is 4.66. The van der Waals surface area contributed by atoms with E-state index >= 15 is 0 Å². The number of benzene rings is 2. The van der Waals surface area contributed by atoms with E-state index in [-0.39, 0.29) is 23.3 Å². The number of ether oxygens (including phenoxy) is 3. The molecule has 0 radical (unpaired) electrons. The zero-order valence-corrected chi connectivity index (χ0v) is 22.0. The quantitative estimate of drug-likeness (QED) is 0.185. The molecule has 1 heterocycles. The Hall–Kier alpha value is -2.37. The molecule has 10 heteroatoms. The van der Waals surface area contributed by atoms with Crippen molar-refractivity contribution in [1.82, 2.24) is 4.90 Å². The summed E-state index contributed by atoms with van der Waals surface area (Å²) in [5, 5.41) is 0.704. The van der Waals surface area contributed by atoms with Crippen LogP contribution in [0.5, 0.6) is 11.5 Å². The van der Waals surface area contributed by atoms with Crippen molar-refractivity contribution in [1.29, 1.82) is 0 Å². The van der Waals surface area contributed by atoms with Crippen LogP contribution in [0.3, 0.4) is 0 Å². The minimum absolute atomic E-state index is 0.171. The fourth-order valence-corrected chi connectivity index (χ4v) is 4.48. The number of anilines is 1. The number of thiocarbonyl (C=S) groups is 1. The van der Waals surface area contributed by atoms with Crippen molar-refractivity contribution in [3.05, 3.63) is 56.3 Å². The second-order valence-electron chi connectivity index (χ2n) is 6.79. The molecule has 7 nitrogen and oxygen atoms in total. The van der Waals surface area contributed by atoms with E-state index in [4.69, 9.17) is 38.0 Å². The monoisotopic (exact) mass is 600 g/mol. The predicted octanol–water partition coefficient (Wildman–Crippen LogP) is 4.89. The lowest BCUT2D eigenvalue weighted by atomic mass is 10.1. The first-order chi connectivity index (χ1) is 15.8. The van der Waals surface area contributed by atoms with Gasteiger partial charge in [-0.25, -0.2) is 0 Å². The van der Waals surface area contributed by atoms with Crippen molar-refractivity contribution < 1.29 is 23.8 Å². The van der Waals surface area contributed by atoms with Gasteiger partial charge in [0, 0.05) is 5.02 Å². The second kappa shape index (κ2) is 11.2. The third-order valence-corrected chi connectivity index (χ3v) is 6.11. The van der Waals surface area contributed by atoms with Crippen LogP contribution in [-0.2, 0) is 14.3 Å². The summed E-state index contributed by atoms with van der Waals surface area (Å²) < 4.78 is 17.1. The van der Waals surface area contributed by atoms with Crippen molar-refractivity contribution in [2.75, 3.05) is 31.8 Å². The second-order valence-corrected chi connectivity index (χ2v) is 8.75. The van der Waals surface area contributed by atoms with Gasteiger partial charge in [-0.2, -0.15) is 0 Å². The van der Waals surface area contributed by atoms with Crippen molar-refractivity contribution in [3.63, 3.8) is 0 Å². The molecule has 2 aromatic rings. The number of carbonyl (C=O) groups excluding carboxylic acids is 2. The lowest BCUT2D eigenvalue weighted by Crippen LogP contribution is -2.35. The Morgan fingerprint density at radius 1 is 1.15 bits per heavy atom. The smallest absolute Gasteiger partial charge is 0.325 e. The summed E-state index contributed by atoms with van der Waals surface area (Å²) in [6.07, 6.45) is 1.67. The largest absolute Gasteiger partial charge is 0.490 e. The summed E-state index contributed by atoms with van der Waals surface area (Å²) >= 11 is 13.7. The zero-order valence-electron chi connectivity index (χ0n) is 18.3. The zero-order chi connectivity index (χ0) is 24.1. The minimum atomic E-state index is -0.523. The van der Waals surface area contributed by atoms with E-state index in [1.54, 1.807) is 36.4 Å². The van der Waals surface area contributed by atoms with Crippen LogP contribution in [0.25, 0.3) is 6.08 Å². The molecule has 1 aliphatic heterocycles. The first kappa shape index (κ1) is 25.3. The normalized spacial score (nSPS) is 14.8. The van der Waals surface area contributed by atoms with Gasteiger partial charge in [0.05, 0.1) is 29.6 Å². The topological polar surface area (TPSA) is 68.3 Å². The number of halogens is 2. The maximum atomic E-state index is 13.4. The Bertz CT molecular complexity index is 1110. The van der Waals surface area contributed by atoms with Crippen LogP contribution < -0.4 is 14.4 Å². The Labute approximate surface area is 216 Å². The maximum Gasteiger partial charge on any atom is 0.325 e. The fourth-order valence-electron chi connectivity index (χ4n) is 3.22. The van der Waals surface area contributed by atoms with Crippen LogP contribution in [0.2, 0.25) is 5.02 Å². The molecule has 0 saturated carbocycles. The maximum absolute atomic E-state index is 13.4. The number of methoxy groups -OCH3 is 1. The van der Waals surface area contributed by atoms with E-state index in [9.17, 15) is 9.59 Å². The molecule has 0 aliphatic carbocycles. The van der Waals surface area contributed by atoms with Crippen LogP contribution in [0, 0.1) is 3.57 Å². The molecule has 0 aromatic heterocycles. The number of rotatable bonds is 8. The van der Waals surface area contributed by atoms with Gasteiger partial charge in [0.15, 0.2) is 16.6 Å². The van der Waals surface area contributed by atoms with Gasteiger partial charge < -0.3 is 19.1 Å². The molecule has 0 bridgehead atoms. The SMILES string of the molecule is CCOc1cc(/C=C2/C(=O)N(c3ccc(Cl)cc3)C(=S)N2CC(=O)OC)cc(I)c1OCC.